The molecule has 37 heavy (non-hydrogen) atoms. The number of methoxy groups -OCH3 is 1. The second-order valence-electron chi connectivity index (χ2n) is 10.4. The van der Waals surface area contributed by atoms with Crippen molar-refractivity contribution < 1.29 is 18.7 Å². The van der Waals surface area contributed by atoms with Crippen molar-refractivity contribution in [3.8, 4) is 0 Å². The van der Waals surface area contributed by atoms with Crippen LogP contribution < -0.4 is 11.1 Å². The van der Waals surface area contributed by atoms with Gasteiger partial charge in [-0.15, -0.1) is 0 Å². The molecular weight excluding hydrogens is 471 g/mol. The van der Waals surface area contributed by atoms with E-state index in [1.165, 1.54) is 12.1 Å². The molecule has 0 spiro atoms. The van der Waals surface area contributed by atoms with E-state index in [0.29, 0.717) is 38.2 Å². The summed E-state index contributed by atoms with van der Waals surface area (Å²) in [6, 6.07) is 13.6. The molecule has 1 saturated heterocycles. The predicted octanol–water partition coefficient (Wildman–Crippen LogP) is 3.25. The zero-order chi connectivity index (χ0) is 26.4. The highest BCUT2D eigenvalue weighted by Gasteiger charge is 2.42. The van der Waals surface area contributed by atoms with E-state index in [9.17, 15) is 14.0 Å². The number of amides is 2. The van der Waals surface area contributed by atoms with Crippen molar-refractivity contribution >= 4 is 11.8 Å². The molecule has 0 bridgehead atoms. The first kappa shape index (κ1) is 27.2. The molecule has 1 saturated carbocycles. The lowest BCUT2D eigenvalue weighted by Crippen LogP contribution is -2.50. The first-order valence-corrected chi connectivity index (χ1v) is 13.2. The van der Waals surface area contributed by atoms with Crippen molar-refractivity contribution in [3.63, 3.8) is 0 Å². The van der Waals surface area contributed by atoms with Gasteiger partial charge in [0.2, 0.25) is 5.91 Å². The van der Waals surface area contributed by atoms with Gasteiger partial charge >= 0.3 is 0 Å². The molecule has 4 rings (SSSR count). The Bertz CT molecular complexity index is 1040. The Kier molecular flexibility index (Phi) is 9.29. The van der Waals surface area contributed by atoms with Crippen molar-refractivity contribution in [2.45, 2.75) is 69.7 Å². The van der Waals surface area contributed by atoms with Gasteiger partial charge in [0, 0.05) is 50.4 Å². The minimum absolute atomic E-state index is 0.0369. The quantitative estimate of drug-likeness (QED) is 0.541. The van der Waals surface area contributed by atoms with E-state index in [0.717, 1.165) is 36.8 Å². The number of rotatable bonds is 9. The van der Waals surface area contributed by atoms with Crippen LogP contribution in [0.1, 0.15) is 53.6 Å². The Morgan fingerprint density at radius 1 is 1.08 bits per heavy atom. The molecule has 2 unspecified atom stereocenters. The zero-order valence-electron chi connectivity index (χ0n) is 21.9. The summed E-state index contributed by atoms with van der Waals surface area (Å²) in [4.78, 5) is 31.1. The van der Waals surface area contributed by atoms with Crippen molar-refractivity contribution in [2.24, 2.45) is 5.73 Å². The van der Waals surface area contributed by atoms with Crippen LogP contribution in [0.15, 0.2) is 48.5 Å². The van der Waals surface area contributed by atoms with Crippen molar-refractivity contribution in [1.82, 2.24) is 15.1 Å². The van der Waals surface area contributed by atoms with Crippen LogP contribution in [0, 0.1) is 12.7 Å². The number of ether oxygens (including phenoxy) is 1. The maximum absolute atomic E-state index is 13.6. The molecule has 2 atom stereocenters. The number of nitrogens with two attached hydrogens (primary N) is 1. The summed E-state index contributed by atoms with van der Waals surface area (Å²) in [6.45, 7) is 4.15. The Morgan fingerprint density at radius 2 is 1.76 bits per heavy atom. The maximum Gasteiger partial charge on any atom is 0.254 e. The van der Waals surface area contributed by atoms with Crippen LogP contribution in [0.25, 0.3) is 0 Å². The van der Waals surface area contributed by atoms with Crippen LogP contribution >= 0.6 is 0 Å². The predicted molar refractivity (Wildman–Crippen MR) is 141 cm³/mol. The number of carbonyl (C=O) groups is 2. The highest BCUT2D eigenvalue weighted by Crippen LogP contribution is 2.27. The fourth-order valence-electron chi connectivity index (χ4n) is 5.40. The minimum atomic E-state index is -0.562. The molecule has 200 valence electrons. The van der Waals surface area contributed by atoms with Crippen molar-refractivity contribution in [1.29, 1.82) is 0 Å². The number of carbonyl (C=O) groups excluding carboxylic acids is 2. The summed E-state index contributed by atoms with van der Waals surface area (Å²) in [5.41, 5.74) is 8.67. The number of aryl methyl sites for hydroxylation is 1. The summed E-state index contributed by atoms with van der Waals surface area (Å²) in [7, 11) is 1.66. The van der Waals surface area contributed by atoms with E-state index in [4.69, 9.17) is 10.5 Å². The Morgan fingerprint density at radius 3 is 2.41 bits per heavy atom. The van der Waals surface area contributed by atoms with E-state index in [1.807, 2.05) is 31.2 Å². The monoisotopic (exact) mass is 510 g/mol. The van der Waals surface area contributed by atoms with E-state index < -0.39 is 6.04 Å². The molecule has 1 heterocycles. The Labute approximate surface area is 219 Å². The average Bonchev–Trinajstić information content (AvgIpc) is 3.35. The molecule has 1 aliphatic heterocycles. The van der Waals surface area contributed by atoms with Gasteiger partial charge in [0.05, 0.1) is 6.61 Å². The summed E-state index contributed by atoms with van der Waals surface area (Å²) >= 11 is 0. The first-order chi connectivity index (χ1) is 17.8. The zero-order valence-corrected chi connectivity index (χ0v) is 21.9. The van der Waals surface area contributed by atoms with Gasteiger partial charge in [-0.3, -0.25) is 14.5 Å². The average molecular weight is 511 g/mol. The number of nitrogens with zero attached hydrogens (tertiary/aromatic N) is 2. The highest BCUT2D eigenvalue weighted by molar-refractivity contribution is 5.98. The van der Waals surface area contributed by atoms with E-state index >= 15 is 0 Å². The standard InChI is InChI=1S/C29H39FN4O3/c1-20-3-7-22(8-4-20)29(36)34-19-26(17-27(34)28(35)32-25-13-11-24(31)12-14-25)33(15-16-37-2)18-21-5-9-23(30)10-6-21/h3-10,24-27H,11-19,31H2,1-2H3,(H,32,35). The molecule has 2 amide bonds. The third kappa shape index (κ3) is 7.15. The van der Waals surface area contributed by atoms with Crippen molar-refractivity contribution in [3.05, 3.63) is 71.0 Å². The van der Waals surface area contributed by atoms with E-state index in [-0.39, 0.29) is 35.8 Å². The Balaban J connectivity index is 1.54. The molecule has 3 N–H and O–H groups in total. The number of likely N-dealkylation sites (tertiary alicyclic amines) is 1. The third-order valence-corrected chi connectivity index (χ3v) is 7.66. The fraction of sp³-hybridized carbons (Fsp3) is 0.517. The van der Waals surface area contributed by atoms with Gasteiger partial charge < -0.3 is 20.7 Å². The number of halogens is 1. The molecule has 2 aromatic carbocycles. The van der Waals surface area contributed by atoms with Gasteiger partial charge in [-0.1, -0.05) is 29.8 Å². The van der Waals surface area contributed by atoms with E-state index in [1.54, 1.807) is 24.1 Å². The molecule has 8 heteroatoms. The van der Waals surface area contributed by atoms with E-state index in [2.05, 4.69) is 10.2 Å². The molecular formula is C29H39FN4O3. The lowest BCUT2D eigenvalue weighted by atomic mass is 9.91. The SMILES string of the molecule is COCCN(Cc1ccc(F)cc1)C1CC(C(=O)NC2CCC(N)CC2)N(C(=O)c2ccc(C)cc2)C1. The largest absolute Gasteiger partial charge is 0.383 e. The molecule has 7 nitrogen and oxygen atoms in total. The first-order valence-electron chi connectivity index (χ1n) is 13.2. The number of hydrogen-bond acceptors (Lipinski definition) is 5. The number of benzene rings is 2. The highest BCUT2D eigenvalue weighted by atomic mass is 19.1. The van der Waals surface area contributed by atoms with Gasteiger partial charge in [-0.05, 0) is 68.9 Å². The summed E-state index contributed by atoms with van der Waals surface area (Å²) in [5, 5.41) is 3.21. The molecule has 2 aromatic rings. The van der Waals surface area contributed by atoms with Gasteiger partial charge in [0.15, 0.2) is 0 Å². The molecule has 2 fully saturated rings. The summed E-state index contributed by atoms with van der Waals surface area (Å²) in [5.74, 6) is -0.512. The van der Waals surface area contributed by atoms with Crippen molar-refractivity contribution in [2.75, 3.05) is 26.8 Å². The molecule has 0 radical (unpaired) electrons. The lowest BCUT2D eigenvalue weighted by molar-refractivity contribution is -0.125. The third-order valence-electron chi connectivity index (χ3n) is 7.66. The number of nitrogens with one attached hydrogen (secondary N) is 1. The lowest BCUT2D eigenvalue weighted by Gasteiger charge is -2.30. The normalized spacial score (nSPS) is 23.9. The Hall–Kier alpha value is -2.81. The summed E-state index contributed by atoms with van der Waals surface area (Å²) < 4.78 is 18.8. The van der Waals surface area contributed by atoms with Gasteiger partial charge in [0.1, 0.15) is 11.9 Å². The minimum Gasteiger partial charge on any atom is -0.383 e. The van der Waals surface area contributed by atoms with Crippen LogP contribution in [-0.2, 0) is 16.1 Å². The second kappa shape index (κ2) is 12.6. The van der Waals surface area contributed by atoms with Crippen LogP contribution in [0.2, 0.25) is 0 Å². The molecule has 2 aliphatic rings. The number of hydrogen-bond donors (Lipinski definition) is 2. The van der Waals surface area contributed by atoms with Gasteiger partial charge in [-0.2, -0.15) is 0 Å². The smallest absolute Gasteiger partial charge is 0.254 e. The van der Waals surface area contributed by atoms with Crippen LogP contribution in [-0.4, -0.2) is 72.6 Å². The van der Waals surface area contributed by atoms with Gasteiger partial charge in [0.25, 0.3) is 5.91 Å². The fourth-order valence-corrected chi connectivity index (χ4v) is 5.40. The topological polar surface area (TPSA) is 87.9 Å². The maximum atomic E-state index is 13.6. The van der Waals surface area contributed by atoms with Crippen LogP contribution in [0.5, 0.6) is 0 Å². The second-order valence-corrected chi connectivity index (χ2v) is 10.4. The summed E-state index contributed by atoms with van der Waals surface area (Å²) in [6.07, 6.45) is 4.04. The van der Waals surface area contributed by atoms with Crippen LogP contribution in [0.3, 0.4) is 0 Å². The molecule has 0 aromatic heterocycles. The van der Waals surface area contributed by atoms with Crippen LogP contribution in [0.4, 0.5) is 4.39 Å². The van der Waals surface area contributed by atoms with Gasteiger partial charge in [-0.25, -0.2) is 4.39 Å². The molecule has 1 aliphatic carbocycles.